The van der Waals surface area contributed by atoms with Crippen LogP contribution in [0.3, 0.4) is 0 Å². The Morgan fingerprint density at radius 1 is 1.10 bits per heavy atom. The smallest absolute Gasteiger partial charge is 0.0653 e. The van der Waals surface area contributed by atoms with Crippen LogP contribution in [-0.4, -0.2) is 10.7 Å². The number of fused-ring (bicyclic) bond motifs is 1. The van der Waals surface area contributed by atoms with Crippen molar-refractivity contribution in [2.75, 3.05) is 0 Å². The van der Waals surface area contributed by atoms with Crippen LogP contribution < -0.4 is 0 Å². The summed E-state index contributed by atoms with van der Waals surface area (Å²) in [6.07, 6.45) is 13.0. The minimum atomic E-state index is -0.453. The van der Waals surface area contributed by atoms with Crippen LogP contribution in [0.25, 0.3) is 0 Å². The van der Waals surface area contributed by atoms with Crippen LogP contribution in [0, 0.1) is 17.3 Å². The number of allylic oxidation sites excluding steroid dienone is 4. The van der Waals surface area contributed by atoms with E-state index in [-0.39, 0.29) is 0 Å². The molecular formula is C20H34O. The molecule has 1 N–H and O–H groups in total. The van der Waals surface area contributed by atoms with Gasteiger partial charge in [0.1, 0.15) is 0 Å². The average molecular weight is 290 g/mol. The summed E-state index contributed by atoms with van der Waals surface area (Å²) in [4.78, 5) is 0. The highest BCUT2D eigenvalue weighted by Crippen LogP contribution is 2.56. The van der Waals surface area contributed by atoms with Crippen LogP contribution in [0.5, 0.6) is 0 Å². The largest absolute Gasteiger partial charge is 0.390 e. The molecule has 0 heterocycles. The summed E-state index contributed by atoms with van der Waals surface area (Å²) >= 11 is 0. The molecule has 0 radical (unpaired) electrons. The van der Waals surface area contributed by atoms with E-state index in [2.05, 4.69) is 46.8 Å². The maximum Gasteiger partial charge on any atom is 0.0653 e. The quantitative estimate of drug-likeness (QED) is 0.666. The van der Waals surface area contributed by atoms with E-state index in [9.17, 15) is 5.11 Å². The van der Waals surface area contributed by atoms with Gasteiger partial charge in [-0.1, -0.05) is 36.6 Å². The fraction of sp³-hybridized carbons (Fsp3) is 0.800. The van der Waals surface area contributed by atoms with Gasteiger partial charge in [-0.25, -0.2) is 0 Å². The van der Waals surface area contributed by atoms with Crippen LogP contribution in [0.2, 0.25) is 0 Å². The van der Waals surface area contributed by atoms with E-state index in [1.165, 1.54) is 43.3 Å². The lowest BCUT2D eigenvalue weighted by Gasteiger charge is -2.54. The van der Waals surface area contributed by atoms with Crippen molar-refractivity contribution in [1.82, 2.24) is 0 Å². The van der Waals surface area contributed by atoms with Crippen molar-refractivity contribution in [3.8, 4) is 0 Å². The topological polar surface area (TPSA) is 20.2 Å². The molecule has 0 unspecified atom stereocenters. The Morgan fingerprint density at radius 2 is 1.81 bits per heavy atom. The van der Waals surface area contributed by atoms with E-state index >= 15 is 0 Å². The zero-order valence-corrected chi connectivity index (χ0v) is 14.7. The Labute approximate surface area is 131 Å². The summed E-state index contributed by atoms with van der Waals surface area (Å²) in [6, 6.07) is 0. The molecule has 1 nitrogen and oxygen atoms in total. The standard InChI is InChI=1S/C20H34O/c1-15(2)8-6-9-16(3)17-10-13-19(4)11-7-12-20(5,21)18(19)14-17/h8-9,17-18,21H,6-7,10-14H2,1-5H3/b16-9+/t17-,18+,19+,20-/m0/s1. The van der Waals surface area contributed by atoms with E-state index in [1.54, 1.807) is 0 Å². The van der Waals surface area contributed by atoms with Gasteiger partial charge >= 0.3 is 0 Å². The van der Waals surface area contributed by atoms with E-state index in [4.69, 9.17) is 0 Å². The number of rotatable bonds is 3. The van der Waals surface area contributed by atoms with Gasteiger partial charge in [-0.3, -0.25) is 0 Å². The first kappa shape index (κ1) is 16.8. The minimum Gasteiger partial charge on any atom is -0.390 e. The number of hydrogen-bond donors (Lipinski definition) is 1. The van der Waals surface area contributed by atoms with E-state index in [1.807, 2.05) is 0 Å². The van der Waals surface area contributed by atoms with Crippen molar-refractivity contribution in [2.24, 2.45) is 17.3 Å². The maximum absolute atomic E-state index is 10.9. The lowest BCUT2D eigenvalue weighted by Crippen LogP contribution is -2.51. The van der Waals surface area contributed by atoms with E-state index in [0.29, 0.717) is 17.3 Å². The second kappa shape index (κ2) is 6.28. The summed E-state index contributed by atoms with van der Waals surface area (Å²) in [5.41, 5.74) is 2.85. The molecule has 4 atom stereocenters. The molecule has 2 fully saturated rings. The van der Waals surface area contributed by atoms with Crippen LogP contribution in [0.4, 0.5) is 0 Å². The molecule has 120 valence electrons. The Morgan fingerprint density at radius 3 is 2.48 bits per heavy atom. The number of hydrogen-bond acceptors (Lipinski definition) is 1. The van der Waals surface area contributed by atoms with Gasteiger partial charge in [0.2, 0.25) is 0 Å². The van der Waals surface area contributed by atoms with Crippen molar-refractivity contribution in [2.45, 2.75) is 85.2 Å². The first-order valence-electron chi connectivity index (χ1n) is 8.77. The Hall–Kier alpha value is -0.560. The highest BCUT2D eigenvalue weighted by molar-refractivity contribution is 5.12. The molecule has 0 bridgehead atoms. The average Bonchev–Trinajstić information content (AvgIpc) is 2.37. The molecule has 2 aliphatic rings. The first-order chi connectivity index (χ1) is 9.74. The van der Waals surface area contributed by atoms with Crippen LogP contribution in [0.1, 0.15) is 79.6 Å². The summed E-state index contributed by atoms with van der Waals surface area (Å²) in [5, 5.41) is 10.9. The number of aliphatic hydroxyl groups is 1. The highest BCUT2D eigenvalue weighted by Gasteiger charge is 2.50. The third-order valence-corrected chi connectivity index (χ3v) is 6.22. The second-order valence-electron chi connectivity index (χ2n) is 8.35. The molecule has 0 aliphatic heterocycles. The minimum absolute atomic E-state index is 0.373. The molecule has 2 rings (SSSR count). The zero-order valence-electron chi connectivity index (χ0n) is 14.7. The molecular weight excluding hydrogens is 256 g/mol. The predicted molar refractivity (Wildman–Crippen MR) is 91.2 cm³/mol. The van der Waals surface area contributed by atoms with Crippen LogP contribution in [0.15, 0.2) is 23.3 Å². The molecule has 0 aromatic heterocycles. The summed E-state index contributed by atoms with van der Waals surface area (Å²) in [6.45, 7) is 11.1. The molecule has 1 heteroatoms. The molecule has 2 aliphatic carbocycles. The fourth-order valence-electron chi connectivity index (χ4n) is 4.75. The lowest BCUT2D eigenvalue weighted by atomic mass is 9.53. The molecule has 0 aromatic rings. The van der Waals surface area contributed by atoms with Crippen molar-refractivity contribution in [3.63, 3.8) is 0 Å². The maximum atomic E-state index is 10.9. The van der Waals surface area contributed by atoms with E-state index in [0.717, 1.165) is 12.8 Å². The van der Waals surface area contributed by atoms with Crippen molar-refractivity contribution in [3.05, 3.63) is 23.3 Å². The third kappa shape index (κ3) is 3.80. The summed E-state index contributed by atoms with van der Waals surface area (Å²) in [5.74, 6) is 1.16. The van der Waals surface area contributed by atoms with Crippen molar-refractivity contribution in [1.29, 1.82) is 0 Å². The van der Waals surface area contributed by atoms with Gasteiger partial charge in [0.05, 0.1) is 5.60 Å². The predicted octanol–water partition coefficient (Wildman–Crippen LogP) is 5.65. The Balaban J connectivity index is 2.07. The van der Waals surface area contributed by atoms with Gasteiger partial charge in [-0.15, -0.1) is 0 Å². The van der Waals surface area contributed by atoms with Crippen molar-refractivity contribution < 1.29 is 5.11 Å². The van der Waals surface area contributed by atoms with E-state index < -0.39 is 5.60 Å². The van der Waals surface area contributed by atoms with Crippen molar-refractivity contribution >= 4 is 0 Å². The van der Waals surface area contributed by atoms with Gasteiger partial charge in [0, 0.05) is 0 Å². The Kier molecular flexibility index (Phi) is 5.03. The fourth-order valence-corrected chi connectivity index (χ4v) is 4.75. The summed E-state index contributed by atoms with van der Waals surface area (Å²) in [7, 11) is 0. The SMILES string of the molecule is CC(C)=CC/C=C(\C)[C@H]1CC[C@@]2(C)CCC[C@](C)(O)[C@@H]2C1. The van der Waals surface area contributed by atoms with Gasteiger partial charge in [0.25, 0.3) is 0 Å². The van der Waals surface area contributed by atoms with Gasteiger partial charge in [-0.2, -0.15) is 0 Å². The first-order valence-corrected chi connectivity index (χ1v) is 8.77. The van der Waals surface area contributed by atoms with Crippen LogP contribution >= 0.6 is 0 Å². The zero-order chi connectivity index (χ0) is 15.7. The molecule has 0 aromatic carbocycles. The molecule has 0 amide bonds. The molecule has 0 saturated heterocycles. The molecule has 2 saturated carbocycles. The second-order valence-corrected chi connectivity index (χ2v) is 8.35. The molecule has 21 heavy (non-hydrogen) atoms. The molecule has 0 spiro atoms. The Bertz CT molecular complexity index is 425. The van der Waals surface area contributed by atoms with Gasteiger partial charge in [-0.05, 0) is 83.5 Å². The normalized spacial score (nSPS) is 40.6. The van der Waals surface area contributed by atoms with Crippen LogP contribution in [-0.2, 0) is 0 Å². The highest BCUT2D eigenvalue weighted by atomic mass is 16.3. The summed E-state index contributed by atoms with van der Waals surface area (Å²) < 4.78 is 0. The van der Waals surface area contributed by atoms with Gasteiger partial charge in [0.15, 0.2) is 0 Å². The monoisotopic (exact) mass is 290 g/mol. The third-order valence-electron chi connectivity index (χ3n) is 6.22. The van der Waals surface area contributed by atoms with Gasteiger partial charge < -0.3 is 5.11 Å². The lowest BCUT2D eigenvalue weighted by molar-refractivity contribution is -0.120.